The van der Waals surface area contributed by atoms with Crippen molar-refractivity contribution in [1.82, 2.24) is 64.2 Å². The maximum absolute atomic E-state index is 14.4. The number of aliphatic hydroxyl groups is 2. The number of halogens is 5. The van der Waals surface area contributed by atoms with E-state index in [1.165, 1.54) is 114 Å². The first-order chi connectivity index (χ1) is 68.9. The fraction of sp³-hybridized carbons (Fsp3) is 0.641. The van der Waals surface area contributed by atoms with E-state index < -0.39 is 39.2 Å². The van der Waals surface area contributed by atoms with E-state index in [1.54, 1.807) is 39.8 Å². The van der Waals surface area contributed by atoms with Gasteiger partial charge in [0.25, 0.3) is 36.5 Å². The highest BCUT2D eigenvalue weighted by Crippen LogP contribution is 2.52. The van der Waals surface area contributed by atoms with Gasteiger partial charge in [0.15, 0.2) is 0 Å². The first-order valence-electron chi connectivity index (χ1n) is 54.4. The van der Waals surface area contributed by atoms with E-state index in [0.29, 0.717) is 96.1 Å². The largest absolute Gasteiger partial charge is 0.573 e. The molecule has 7 N–H and O–H groups in total. The van der Waals surface area contributed by atoms with Crippen molar-refractivity contribution in [3.05, 3.63) is 152 Å². The van der Waals surface area contributed by atoms with Gasteiger partial charge in [-0.05, 0) is 292 Å². The van der Waals surface area contributed by atoms with Gasteiger partial charge in [-0.1, -0.05) is 145 Å². The molecule has 9 fully saturated rings. The Kier molecular flexibility index (Phi) is 35.3. The molecule has 8 aliphatic carbocycles. The zero-order valence-electron chi connectivity index (χ0n) is 91.1. The molecular weight excluding hydrogens is 1890 g/mol. The molecule has 0 spiro atoms. The summed E-state index contributed by atoms with van der Waals surface area (Å²) in [5.41, 5.74) is 12.4. The first kappa shape index (κ1) is 113. The van der Waals surface area contributed by atoms with Crippen LogP contribution in [0.3, 0.4) is 0 Å². The smallest absolute Gasteiger partial charge is 0.464 e. The third kappa shape index (κ3) is 29.6. The molecule has 147 heavy (non-hydrogen) atoms. The second-order valence-electron chi connectivity index (χ2n) is 49.4. The number of alkyl halides is 5. The van der Waals surface area contributed by atoms with E-state index in [2.05, 4.69) is 129 Å². The van der Waals surface area contributed by atoms with E-state index in [0.717, 1.165) is 195 Å². The van der Waals surface area contributed by atoms with Crippen molar-refractivity contribution in [3.8, 4) is 51.0 Å². The van der Waals surface area contributed by atoms with Crippen molar-refractivity contribution in [2.45, 2.75) is 437 Å². The zero-order valence-corrected chi connectivity index (χ0v) is 92.0. The molecule has 1 saturated heterocycles. The highest BCUT2D eigenvalue weighted by atomic mass is 32.2. The molecule has 2 aromatic carbocycles. The lowest BCUT2D eigenvalue weighted by molar-refractivity contribution is -0.274. The van der Waals surface area contributed by atoms with Crippen molar-refractivity contribution < 1.29 is 74.6 Å². The lowest BCUT2D eigenvalue weighted by atomic mass is 9.89. The standard InChI is InChI=1S/C30H43F2N3O3S.C29H35F3N2O4.2C29H44N4O2/c1-20-24(29(36)33-23-13-15-38-16-14-23)18-26(35(20)19-21-9-7-6-8-10-21)22-11-12-27(25(17-22)28(31)32)39(5,37)34-30(2,3)4;1-18-25(27(36)33-22-13-23(14-22)37-17-35)15-26(34(18)16-19-6-4-3-5-7-19)20-10-21(28(2)8-9-28)12-24(11-20)38-29(30,31)32;1-19-21(25(34)30-18-28(5,6)35)15-23(33(19)17-20-11-9-8-10-12-20)22-16-24(29(7)13-14-29)32-26(31-22)27(2,3)4;1-19-21(25(34)30-18-28(5,6)35)15-23(33(19)17-20-11-9-8-10-12-20)22-16-24(27(2,3)4)32-26(31-22)29(7)13-14-29/h11-12,17-18,21,23,28H,5-10,13-16,19H2,1-4H3,(H,33,36)(H,34,37);10-12,15,17,19,22-23H,3-9,13-14,16H2,1-2H3,(H,33,36);2*15-16,20,35H,8-14,17-18H2,1-7H3,(H,30,34). The molecular formula is C117H166F5N13O11S. The number of hydrogen-bond donors (Lipinski definition) is 7. The maximum atomic E-state index is 14.4. The molecule has 1 unspecified atom stereocenters. The number of nitrogens with zero attached hydrogens (tertiary/aromatic N) is 8. The second-order valence-corrected chi connectivity index (χ2v) is 51.4. The van der Waals surface area contributed by atoms with Crippen LogP contribution in [-0.2, 0) is 77.2 Å². The minimum Gasteiger partial charge on any atom is -0.464 e. The van der Waals surface area contributed by atoms with Crippen LogP contribution in [0.1, 0.15) is 408 Å². The van der Waals surface area contributed by atoms with Crippen LogP contribution in [0.5, 0.6) is 5.75 Å². The van der Waals surface area contributed by atoms with Gasteiger partial charge in [-0.15, -0.1) is 13.2 Å². The number of amides is 4. The molecule has 17 rings (SSSR count). The van der Waals surface area contributed by atoms with E-state index in [-0.39, 0.29) is 98.2 Å². The van der Waals surface area contributed by atoms with Crippen molar-refractivity contribution >= 4 is 45.7 Å². The molecule has 4 amide bonds. The van der Waals surface area contributed by atoms with Crippen molar-refractivity contribution in [3.63, 3.8) is 0 Å². The number of ether oxygens (including phenoxy) is 3. The number of nitrogens with one attached hydrogen (secondary N) is 5. The lowest BCUT2D eigenvalue weighted by Crippen LogP contribution is -2.47. The molecule has 9 aliphatic rings. The van der Waals surface area contributed by atoms with Crippen LogP contribution in [0.4, 0.5) is 22.0 Å². The van der Waals surface area contributed by atoms with E-state index >= 15 is 0 Å². The van der Waals surface area contributed by atoms with E-state index in [1.807, 2.05) is 72.7 Å². The molecule has 8 aromatic rings. The Morgan fingerprint density at radius 3 is 1.31 bits per heavy atom. The van der Waals surface area contributed by atoms with Crippen LogP contribution in [0.25, 0.3) is 45.3 Å². The van der Waals surface area contributed by atoms with Gasteiger partial charge in [0.2, 0.25) is 0 Å². The van der Waals surface area contributed by atoms with Crippen LogP contribution >= 0.6 is 0 Å². The van der Waals surface area contributed by atoms with Gasteiger partial charge in [0.1, 0.15) is 23.5 Å². The van der Waals surface area contributed by atoms with Gasteiger partial charge < -0.3 is 64.0 Å². The SMILES string of the molecule is C=S(=O)(NC(C)(C)C)c1ccc(-c2cc(C(=O)NC3CCOCC3)c(C)n2CC2CCCCC2)cc1C(F)F.Cc1c(C(=O)NC2CC(OC=O)C2)cc(-c2cc(OC(F)(F)F)cc(C3(C)CC3)c2)n1CC1CCCCC1.Cc1c(C(=O)NCC(C)(C)O)cc(-c2cc(C(C)(C)C)nc(C3(C)CC3)n2)n1CC1CCCCC1.Cc1c(C(=O)NCC(C)(C)O)cc(-c2cc(C3(C)CC3)nc(C(C)(C)C)n2)n1CC1CCCCC1. The zero-order chi connectivity index (χ0) is 107. The van der Waals surface area contributed by atoms with E-state index in [9.17, 15) is 60.3 Å². The molecule has 1 aliphatic heterocycles. The molecule has 1 atom stereocenters. The molecule has 30 heteroatoms. The lowest BCUT2D eigenvalue weighted by Gasteiger charge is -2.34. The maximum Gasteiger partial charge on any atom is 0.573 e. The topological polar surface area (TPSA) is 302 Å². The monoisotopic (exact) mass is 2060 g/mol. The van der Waals surface area contributed by atoms with Gasteiger partial charge in [-0.3, -0.25) is 24.0 Å². The normalized spacial score (nSPS) is 19.8. The number of benzene rings is 2. The Labute approximate surface area is 869 Å². The summed E-state index contributed by atoms with van der Waals surface area (Å²) in [6, 6.07) is 21.4. The summed E-state index contributed by atoms with van der Waals surface area (Å²) in [5, 5.41) is 32.3. The minimum atomic E-state index is -4.79. The van der Waals surface area contributed by atoms with Gasteiger partial charge in [0, 0.05) is 150 Å². The Hall–Kier alpha value is -9.62. The average Bonchev–Trinajstić information content (AvgIpc) is 1.61. The van der Waals surface area contributed by atoms with Crippen LogP contribution < -0.4 is 30.7 Å². The Morgan fingerprint density at radius 2 is 0.912 bits per heavy atom. The van der Waals surface area contributed by atoms with Crippen LogP contribution in [-0.4, -0.2) is 156 Å². The highest BCUT2D eigenvalue weighted by molar-refractivity contribution is 7.98. The second kappa shape index (κ2) is 45.9. The summed E-state index contributed by atoms with van der Waals surface area (Å²) in [6.07, 6.45) is 25.5. The number of carbonyl (C=O) groups excluding carboxylic acids is 5. The van der Waals surface area contributed by atoms with Crippen molar-refractivity contribution in [1.29, 1.82) is 0 Å². The summed E-state index contributed by atoms with van der Waals surface area (Å²) < 4.78 is 108. The quantitative estimate of drug-likeness (QED) is 0.0121. The predicted octanol–water partition coefficient (Wildman–Crippen LogP) is 24.1. The van der Waals surface area contributed by atoms with Crippen molar-refractivity contribution in [2.75, 3.05) is 26.3 Å². The van der Waals surface area contributed by atoms with Gasteiger partial charge in [0.05, 0.1) is 82.2 Å². The average molecular weight is 2060 g/mol. The van der Waals surface area contributed by atoms with Gasteiger partial charge in [-0.25, -0.2) is 37.6 Å². The third-order valence-electron chi connectivity index (χ3n) is 31.8. The Balaban J connectivity index is 0.000000155. The molecule has 6 aromatic heterocycles. The molecule has 24 nitrogen and oxygen atoms in total. The molecule has 7 heterocycles. The third-order valence-corrected chi connectivity index (χ3v) is 33.8. The first-order valence-corrected chi connectivity index (χ1v) is 56.1. The van der Waals surface area contributed by atoms with Gasteiger partial charge >= 0.3 is 6.36 Å². The Bertz CT molecular complexity index is 5860. The number of aromatic nitrogens is 8. The van der Waals surface area contributed by atoms with Crippen LogP contribution in [0.15, 0.2) is 77.7 Å². The molecule has 0 radical (unpaired) electrons. The summed E-state index contributed by atoms with van der Waals surface area (Å²) in [7, 11) is -3.17. The highest BCUT2D eigenvalue weighted by Gasteiger charge is 2.46. The minimum absolute atomic E-state index is 0.00997. The fourth-order valence-corrected chi connectivity index (χ4v) is 23.6. The Morgan fingerprint density at radius 1 is 0.497 bits per heavy atom. The molecule has 806 valence electrons. The molecule has 0 bridgehead atoms. The predicted molar refractivity (Wildman–Crippen MR) is 571 cm³/mol. The summed E-state index contributed by atoms with van der Waals surface area (Å²) in [6.45, 7) is 45.2. The fourth-order valence-electron chi connectivity index (χ4n) is 21.7. The van der Waals surface area contributed by atoms with Gasteiger partial charge in [-0.2, -0.15) is 0 Å². The van der Waals surface area contributed by atoms with E-state index in [4.69, 9.17) is 29.4 Å². The van der Waals surface area contributed by atoms with Crippen LogP contribution in [0.2, 0.25) is 0 Å². The molecule has 8 saturated carbocycles. The number of hydrogen-bond acceptors (Lipinski definition) is 15. The van der Waals surface area contributed by atoms with Crippen LogP contribution in [0, 0.1) is 51.4 Å². The summed E-state index contributed by atoms with van der Waals surface area (Å²) in [4.78, 5) is 83.8. The number of carbonyl (C=O) groups is 5. The van der Waals surface area contributed by atoms with Crippen molar-refractivity contribution in [2.24, 2.45) is 23.7 Å². The summed E-state index contributed by atoms with van der Waals surface area (Å²) in [5.74, 6) is 6.82. The number of rotatable bonds is 31. The summed E-state index contributed by atoms with van der Waals surface area (Å²) >= 11 is 0.